The Morgan fingerprint density at radius 2 is 2.45 bits per heavy atom. The second-order valence-electron chi connectivity index (χ2n) is 5.30. The van der Waals surface area contributed by atoms with Crippen LogP contribution in [0.1, 0.15) is 15.9 Å². The predicted molar refractivity (Wildman–Crippen MR) is 75.4 cm³/mol. The topological polar surface area (TPSA) is 73.6 Å². The number of aldehydes is 1. The molecule has 1 aromatic rings. The quantitative estimate of drug-likeness (QED) is 0.644. The van der Waals surface area contributed by atoms with Crippen molar-refractivity contribution >= 4 is 18.7 Å². The first-order valence-electron chi connectivity index (χ1n) is 6.78. The molecule has 5 nitrogen and oxygen atoms in total. The van der Waals surface area contributed by atoms with Gasteiger partial charge < -0.3 is 14.7 Å². The van der Waals surface area contributed by atoms with Gasteiger partial charge in [-0.1, -0.05) is 0 Å². The standard InChI is InChI=1S/C14H15BN2O3/c16-9-15-1-2-17-12(5-15)8-20-14-4-11(7-19)10(6-18)3-13(14)17/h3-4,7,12,18H,1-2,5-6,8H2. The zero-order chi connectivity index (χ0) is 14.1. The molecule has 102 valence electrons. The van der Waals surface area contributed by atoms with Gasteiger partial charge in [-0.15, -0.1) is 0 Å². The summed E-state index contributed by atoms with van der Waals surface area (Å²) in [5, 5.41) is 18.4. The van der Waals surface area contributed by atoms with Crippen molar-refractivity contribution in [3.05, 3.63) is 23.3 Å². The number of aliphatic hydroxyl groups excluding tert-OH is 1. The maximum absolute atomic E-state index is 11.0. The van der Waals surface area contributed by atoms with E-state index in [4.69, 9.17) is 10.00 Å². The second kappa shape index (κ2) is 5.18. The average Bonchev–Trinajstić information content (AvgIpc) is 2.52. The summed E-state index contributed by atoms with van der Waals surface area (Å²) in [6.45, 7) is 1.28. The largest absolute Gasteiger partial charge is 0.489 e. The zero-order valence-corrected chi connectivity index (χ0v) is 11.1. The normalized spacial score (nSPS) is 20.5. The van der Waals surface area contributed by atoms with E-state index in [1.807, 2.05) is 6.07 Å². The highest BCUT2D eigenvalue weighted by Gasteiger charge is 2.36. The third-order valence-corrected chi connectivity index (χ3v) is 4.16. The van der Waals surface area contributed by atoms with Gasteiger partial charge in [0.15, 0.2) is 6.29 Å². The number of nitrogens with zero attached hydrogens (tertiary/aromatic N) is 2. The first-order chi connectivity index (χ1) is 9.76. The summed E-state index contributed by atoms with van der Waals surface area (Å²) in [5.41, 5.74) is 2.01. The number of hydrogen-bond acceptors (Lipinski definition) is 5. The molecule has 0 saturated carbocycles. The van der Waals surface area contributed by atoms with Crippen LogP contribution in [0.4, 0.5) is 5.69 Å². The second-order valence-corrected chi connectivity index (χ2v) is 5.30. The first-order valence-corrected chi connectivity index (χ1v) is 6.78. The Morgan fingerprint density at radius 1 is 1.60 bits per heavy atom. The third kappa shape index (κ3) is 2.04. The van der Waals surface area contributed by atoms with Gasteiger partial charge in [-0.25, -0.2) is 5.26 Å². The van der Waals surface area contributed by atoms with Crippen LogP contribution < -0.4 is 9.64 Å². The fourth-order valence-electron chi connectivity index (χ4n) is 3.04. The highest BCUT2D eigenvalue weighted by molar-refractivity contribution is 6.67. The minimum Gasteiger partial charge on any atom is -0.489 e. The summed E-state index contributed by atoms with van der Waals surface area (Å²) < 4.78 is 5.74. The number of carbonyl (C=O) groups is 1. The Labute approximate surface area is 117 Å². The van der Waals surface area contributed by atoms with E-state index in [1.165, 1.54) is 0 Å². The molecule has 1 N–H and O–H groups in total. The van der Waals surface area contributed by atoms with Crippen molar-refractivity contribution in [1.29, 1.82) is 5.26 Å². The molecule has 0 spiro atoms. The molecule has 1 saturated heterocycles. The van der Waals surface area contributed by atoms with Crippen LogP contribution in [0.15, 0.2) is 12.1 Å². The van der Waals surface area contributed by atoms with Crippen LogP contribution in [0, 0.1) is 11.2 Å². The predicted octanol–water partition coefficient (Wildman–Crippen LogP) is 1.13. The summed E-state index contributed by atoms with van der Waals surface area (Å²) in [5.74, 6) is 3.02. The van der Waals surface area contributed by atoms with E-state index < -0.39 is 0 Å². The van der Waals surface area contributed by atoms with Gasteiger partial charge in [0.2, 0.25) is 0 Å². The highest BCUT2D eigenvalue weighted by atomic mass is 16.5. The van der Waals surface area contributed by atoms with Crippen molar-refractivity contribution in [2.24, 2.45) is 0 Å². The molecule has 1 atom stereocenters. The Kier molecular flexibility index (Phi) is 3.37. The third-order valence-electron chi connectivity index (χ3n) is 4.16. The molecule has 1 unspecified atom stereocenters. The average molecular weight is 270 g/mol. The number of anilines is 1. The van der Waals surface area contributed by atoms with E-state index in [2.05, 4.69) is 10.9 Å². The molecule has 0 aromatic heterocycles. The first kappa shape index (κ1) is 13.0. The Balaban J connectivity index is 1.97. The summed E-state index contributed by atoms with van der Waals surface area (Å²) in [6, 6.07) is 3.73. The van der Waals surface area contributed by atoms with Gasteiger partial charge in [0.1, 0.15) is 12.4 Å². The SMILES string of the molecule is N#CB1CCN2c3cc(CO)c(C=O)cc3OCC2C1. The van der Waals surface area contributed by atoms with Gasteiger partial charge in [0.05, 0.1) is 18.3 Å². The number of nitriles is 1. The molecule has 1 aromatic carbocycles. The molecule has 0 aliphatic carbocycles. The van der Waals surface area contributed by atoms with Crippen molar-refractivity contribution < 1.29 is 14.6 Å². The summed E-state index contributed by atoms with van der Waals surface area (Å²) in [4.78, 5) is 13.3. The van der Waals surface area contributed by atoms with Crippen LogP contribution in [0.3, 0.4) is 0 Å². The number of hydrogen-bond donors (Lipinski definition) is 1. The molecule has 6 heteroatoms. The molecule has 0 amide bonds. The van der Waals surface area contributed by atoms with Gasteiger partial charge in [-0.3, -0.25) is 4.79 Å². The van der Waals surface area contributed by atoms with Gasteiger partial charge in [0, 0.05) is 18.1 Å². The molecular weight excluding hydrogens is 255 g/mol. The van der Waals surface area contributed by atoms with Crippen molar-refractivity contribution in [3.63, 3.8) is 0 Å². The maximum Gasteiger partial charge on any atom is 0.271 e. The van der Waals surface area contributed by atoms with E-state index in [-0.39, 0.29) is 19.4 Å². The lowest BCUT2D eigenvalue weighted by Crippen LogP contribution is -2.50. The fraction of sp³-hybridized carbons (Fsp3) is 0.429. The number of ether oxygens (including phenoxy) is 1. The van der Waals surface area contributed by atoms with Gasteiger partial charge in [-0.05, 0) is 30.3 Å². The van der Waals surface area contributed by atoms with Crippen LogP contribution in [0.2, 0.25) is 12.6 Å². The molecule has 3 rings (SSSR count). The Hall–Kier alpha value is -2.00. The summed E-state index contributed by atoms with van der Waals surface area (Å²) in [7, 11) is 0. The van der Waals surface area contributed by atoms with Crippen molar-refractivity contribution in [3.8, 4) is 11.7 Å². The molecule has 2 aliphatic rings. The highest BCUT2D eigenvalue weighted by Crippen LogP contribution is 2.39. The van der Waals surface area contributed by atoms with Crippen LogP contribution in [0.25, 0.3) is 0 Å². The van der Waals surface area contributed by atoms with Crippen LogP contribution in [0.5, 0.6) is 5.75 Å². The monoisotopic (exact) mass is 270 g/mol. The van der Waals surface area contributed by atoms with E-state index in [0.29, 0.717) is 23.5 Å². The molecule has 2 aliphatic heterocycles. The molecular formula is C14H15BN2O3. The molecule has 20 heavy (non-hydrogen) atoms. The number of carbonyl (C=O) groups excluding carboxylic acids is 1. The number of benzene rings is 1. The summed E-state index contributed by atoms with van der Waals surface area (Å²) >= 11 is 0. The van der Waals surface area contributed by atoms with E-state index in [1.54, 1.807) is 6.07 Å². The number of fused-ring (bicyclic) bond motifs is 3. The molecule has 2 heterocycles. The molecule has 1 fully saturated rings. The lowest BCUT2D eigenvalue weighted by atomic mass is 9.43. The Morgan fingerprint density at radius 3 is 3.15 bits per heavy atom. The lowest BCUT2D eigenvalue weighted by Gasteiger charge is -2.42. The molecule has 0 bridgehead atoms. The van der Waals surface area contributed by atoms with E-state index in [9.17, 15) is 9.90 Å². The van der Waals surface area contributed by atoms with Gasteiger partial charge in [0.25, 0.3) is 6.71 Å². The molecule has 0 radical (unpaired) electrons. The van der Waals surface area contributed by atoms with Crippen molar-refractivity contribution in [2.45, 2.75) is 25.3 Å². The van der Waals surface area contributed by atoms with Crippen molar-refractivity contribution in [1.82, 2.24) is 0 Å². The van der Waals surface area contributed by atoms with Crippen LogP contribution >= 0.6 is 0 Å². The number of rotatable bonds is 2. The van der Waals surface area contributed by atoms with Gasteiger partial charge in [-0.2, -0.15) is 0 Å². The van der Waals surface area contributed by atoms with Gasteiger partial charge >= 0.3 is 0 Å². The fourth-order valence-corrected chi connectivity index (χ4v) is 3.04. The minimum absolute atomic E-state index is 0.0907. The minimum atomic E-state index is -0.166. The maximum atomic E-state index is 11.0. The lowest BCUT2D eigenvalue weighted by molar-refractivity contribution is 0.112. The van der Waals surface area contributed by atoms with Crippen molar-refractivity contribution in [2.75, 3.05) is 18.1 Å². The van der Waals surface area contributed by atoms with Crippen LogP contribution in [-0.4, -0.2) is 37.3 Å². The van der Waals surface area contributed by atoms with Crippen LogP contribution in [-0.2, 0) is 6.61 Å². The Bertz CT molecular complexity index is 585. The number of aliphatic hydroxyl groups is 1. The smallest absolute Gasteiger partial charge is 0.271 e. The van der Waals surface area contributed by atoms with E-state index >= 15 is 0 Å². The summed E-state index contributed by atoms with van der Waals surface area (Å²) in [6.07, 6.45) is 2.39. The zero-order valence-electron chi connectivity index (χ0n) is 11.1. The van der Waals surface area contributed by atoms with E-state index in [0.717, 1.165) is 31.2 Å².